The van der Waals surface area contributed by atoms with E-state index >= 15 is 0 Å². The molecule has 0 aromatic heterocycles. The average molecular weight is 372 g/mol. The minimum atomic E-state index is -4.59. The third-order valence-electron chi connectivity index (χ3n) is 3.68. The molecule has 1 N–H and O–H groups in total. The van der Waals surface area contributed by atoms with Crippen molar-refractivity contribution in [2.24, 2.45) is 0 Å². The predicted molar refractivity (Wildman–Crippen MR) is 90.1 cm³/mol. The monoisotopic (exact) mass is 372 g/mol. The van der Waals surface area contributed by atoms with Gasteiger partial charge >= 0.3 is 29.6 Å². The Labute approximate surface area is 171 Å². The van der Waals surface area contributed by atoms with Gasteiger partial charge in [0.15, 0.2) is 0 Å². The maximum absolute atomic E-state index is 12.0. The van der Waals surface area contributed by atoms with E-state index in [-0.39, 0.29) is 35.3 Å². The smallest absolute Gasteiger partial charge is 0.872 e. The van der Waals surface area contributed by atoms with Crippen LogP contribution >= 0.6 is 0 Å². The SMILES string of the molecule is CCCCCCc1cc([O-])c(S(=O)(=O)O)cc1Oc1ccccc1.[Na+]. The molecule has 0 spiro atoms. The van der Waals surface area contributed by atoms with Crippen molar-refractivity contribution in [3.8, 4) is 17.2 Å². The topological polar surface area (TPSA) is 86.7 Å². The van der Waals surface area contributed by atoms with Gasteiger partial charge in [-0.1, -0.05) is 56.2 Å². The standard InChI is InChI=1S/C18H22O5S.Na/c1-2-3-4-6-9-14-12-16(19)18(24(20,21)22)13-17(14)23-15-10-7-5-8-11-15;/h5,7-8,10-13,19H,2-4,6,9H2,1H3,(H,20,21,22);/q;+1/p-1. The van der Waals surface area contributed by atoms with Crippen LogP contribution in [0.2, 0.25) is 0 Å². The van der Waals surface area contributed by atoms with Crippen LogP contribution in [0, 0.1) is 0 Å². The molecule has 2 aromatic rings. The summed E-state index contributed by atoms with van der Waals surface area (Å²) in [6.45, 7) is 2.11. The first kappa shape index (κ1) is 22.0. The zero-order valence-electron chi connectivity index (χ0n) is 14.6. The van der Waals surface area contributed by atoms with Gasteiger partial charge in [0.25, 0.3) is 10.1 Å². The summed E-state index contributed by atoms with van der Waals surface area (Å²) in [4.78, 5) is -0.661. The average Bonchev–Trinajstić information content (AvgIpc) is 2.53. The van der Waals surface area contributed by atoms with Crippen molar-refractivity contribution in [2.45, 2.75) is 43.9 Å². The van der Waals surface area contributed by atoms with E-state index in [1.807, 2.05) is 6.07 Å². The van der Waals surface area contributed by atoms with E-state index in [1.165, 1.54) is 6.07 Å². The third-order valence-corrected chi connectivity index (χ3v) is 4.55. The molecular weight excluding hydrogens is 351 g/mol. The van der Waals surface area contributed by atoms with Crippen LogP contribution < -0.4 is 39.4 Å². The molecule has 0 aliphatic rings. The maximum atomic E-state index is 12.0. The van der Waals surface area contributed by atoms with Crippen LogP contribution in [0.15, 0.2) is 47.4 Å². The summed E-state index contributed by atoms with van der Waals surface area (Å²) in [6.07, 6.45) is 4.71. The fourth-order valence-electron chi connectivity index (χ4n) is 2.43. The van der Waals surface area contributed by atoms with E-state index in [9.17, 15) is 18.1 Å². The van der Waals surface area contributed by atoms with Crippen molar-refractivity contribution < 1.29 is 52.4 Å². The van der Waals surface area contributed by atoms with Gasteiger partial charge in [-0.05, 0) is 30.5 Å². The van der Waals surface area contributed by atoms with Gasteiger partial charge in [0.1, 0.15) is 11.5 Å². The number of aryl methyl sites for hydroxylation is 1. The molecule has 130 valence electrons. The van der Waals surface area contributed by atoms with Crippen LogP contribution in [0.25, 0.3) is 0 Å². The molecule has 2 aromatic carbocycles. The summed E-state index contributed by atoms with van der Waals surface area (Å²) in [6, 6.07) is 11.2. The molecule has 0 unspecified atom stereocenters. The molecule has 0 bridgehead atoms. The van der Waals surface area contributed by atoms with Gasteiger partial charge in [0.05, 0.1) is 4.90 Å². The number of benzene rings is 2. The van der Waals surface area contributed by atoms with Gasteiger partial charge in [0.2, 0.25) is 0 Å². The maximum Gasteiger partial charge on any atom is 1.00 e. The molecule has 0 saturated heterocycles. The van der Waals surface area contributed by atoms with Gasteiger partial charge in [-0.25, -0.2) is 0 Å². The molecule has 0 heterocycles. The number of rotatable bonds is 8. The Morgan fingerprint density at radius 2 is 1.76 bits per heavy atom. The Kier molecular flexibility index (Phi) is 8.96. The van der Waals surface area contributed by atoms with Crippen molar-refractivity contribution in [2.75, 3.05) is 0 Å². The third kappa shape index (κ3) is 6.64. The first-order valence-corrected chi connectivity index (χ1v) is 9.40. The molecule has 0 fully saturated rings. The van der Waals surface area contributed by atoms with E-state index in [0.29, 0.717) is 17.7 Å². The first-order valence-electron chi connectivity index (χ1n) is 7.96. The molecule has 2 rings (SSSR count). The van der Waals surface area contributed by atoms with Crippen LogP contribution in [0.1, 0.15) is 38.2 Å². The van der Waals surface area contributed by atoms with Gasteiger partial charge in [-0.3, -0.25) is 4.55 Å². The molecule has 7 heteroatoms. The van der Waals surface area contributed by atoms with Crippen molar-refractivity contribution in [1.82, 2.24) is 0 Å². The van der Waals surface area contributed by atoms with Gasteiger partial charge in [-0.2, -0.15) is 8.42 Å². The van der Waals surface area contributed by atoms with Gasteiger partial charge in [-0.15, -0.1) is 0 Å². The van der Waals surface area contributed by atoms with Crippen LogP contribution in [0.4, 0.5) is 0 Å². The summed E-state index contributed by atoms with van der Waals surface area (Å²) in [5, 5.41) is 12.0. The summed E-state index contributed by atoms with van der Waals surface area (Å²) in [7, 11) is -4.59. The number of para-hydroxylation sites is 1. The normalized spacial score (nSPS) is 11.0. The first-order chi connectivity index (χ1) is 11.4. The predicted octanol–water partition coefficient (Wildman–Crippen LogP) is 0.926. The summed E-state index contributed by atoms with van der Waals surface area (Å²) in [5.74, 6) is 0.0978. The molecule has 0 saturated carbocycles. The zero-order chi connectivity index (χ0) is 17.6. The Balaban J connectivity index is 0.00000312. The van der Waals surface area contributed by atoms with Crippen molar-refractivity contribution in [3.05, 3.63) is 48.0 Å². The number of unbranched alkanes of at least 4 members (excludes halogenated alkanes) is 3. The Morgan fingerprint density at radius 3 is 2.36 bits per heavy atom. The minimum Gasteiger partial charge on any atom is -0.872 e. The summed E-state index contributed by atoms with van der Waals surface area (Å²) in [5.41, 5.74) is 0.646. The summed E-state index contributed by atoms with van der Waals surface area (Å²) < 4.78 is 37.7. The number of hydrogen-bond donors (Lipinski definition) is 1. The Hall–Kier alpha value is -1.05. The minimum absolute atomic E-state index is 0. The second kappa shape index (κ2) is 10.2. The molecule has 0 radical (unpaired) electrons. The van der Waals surface area contributed by atoms with Gasteiger partial charge < -0.3 is 9.84 Å². The van der Waals surface area contributed by atoms with Crippen LogP contribution in [-0.2, 0) is 16.5 Å². The van der Waals surface area contributed by atoms with Crippen molar-refractivity contribution >= 4 is 10.1 Å². The van der Waals surface area contributed by atoms with E-state index in [1.54, 1.807) is 24.3 Å². The van der Waals surface area contributed by atoms with E-state index in [0.717, 1.165) is 31.7 Å². The van der Waals surface area contributed by atoms with E-state index < -0.39 is 20.8 Å². The van der Waals surface area contributed by atoms with Crippen molar-refractivity contribution in [3.63, 3.8) is 0 Å². The quantitative estimate of drug-likeness (QED) is 0.423. The molecular formula is C18H21NaO5S. The van der Waals surface area contributed by atoms with E-state index in [4.69, 9.17) is 4.74 Å². The molecule has 0 aliphatic heterocycles. The second-order valence-corrected chi connectivity index (χ2v) is 7.00. The molecule has 0 atom stereocenters. The van der Waals surface area contributed by atoms with Crippen LogP contribution in [0.5, 0.6) is 17.2 Å². The fraction of sp³-hybridized carbons (Fsp3) is 0.333. The molecule has 0 amide bonds. The fourth-order valence-corrected chi connectivity index (χ4v) is 3.00. The largest absolute Gasteiger partial charge is 1.00 e. The molecule has 25 heavy (non-hydrogen) atoms. The Bertz CT molecular complexity index is 776. The zero-order valence-corrected chi connectivity index (χ0v) is 17.4. The van der Waals surface area contributed by atoms with Crippen LogP contribution in [-0.4, -0.2) is 13.0 Å². The second-order valence-electron chi connectivity index (χ2n) is 5.61. The van der Waals surface area contributed by atoms with Crippen molar-refractivity contribution in [1.29, 1.82) is 0 Å². The van der Waals surface area contributed by atoms with E-state index in [2.05, 4.69) is 6.92 Å². The van der Waals surface area contributed by atoms with Gasteiger partial charge in [0, 0.05) is 6.07 Å². The molecule has 5 nitrogen and oxygen atoms in total. The van der Waals surface area contributed by atoms with Crippen LogP contribution in [0.3, 0.4) is 0 Å². The molecule has 0 aliphatic carbocycles. The number of hydrogen-bond acceptors (Lipinski definition) is 4. The summed E-state index contributed by atoms with van der Waals surface area (Å²) >= 11 is 0. The number of ether oxygens (including phenoxy) is 1. The Morgan fingerprint density at radius 1 is 1.08 bits per heavy atom.